The molecule has 0 fully saturated rings. The van der Waals surface area contributed by atoms with E-state index in [1.165, 1.54) is 231 Å². The third kappa shape index (κ3) is 58.8. The molecular formula is C66H124O6. The molecule has 6 nitrogen and oxygen atoms in total. The summed E-state index contributed by atoms with van der Waals surface area (Å²) in [5.74, 6) is -0.876. The molecule has 0 radical (unpaired) electrons. The third-order valence-electron chi connectivity index (χ3n) is 14.7. The first-order chi connectivity index (χ1) is 35.5. The molecule has 0 bridgehead atoms. The van der Waals surface area contributed by atoms with Crippen molar-refractivity contribution in [2.45, 2.75) is 367 Å². The maximum Gasteiger partial charge on any atom is 0.306 e. The van der Waals surface area contributed by atoms with Crippen LogP contribution in [-0.2, 0) is 28.6 Å². The highest BCUT2D eigenvalue weighted by Gasteiger charge is 2.19. The minimum Gasteiger partial charge on any atom is -0.462 e. The topological polar surface area (TPSA) is 78.9 Å². The first-order valence-corrected chi connectivity index (χ1v) is 32.3. The van der Waals surface area contributed by atoms with Crippen molar-refractivity contribution in [3.63, 3.8) is 0 Å². The van der Waals surface area contributed by atoms with Gasteiger partial charge in [-0.2, -0.15) is 0 Å². The number of hydrogen-bond donors (Lipinski definition) is 0. The van der Waals surface area contributed by atoms with Crippen LogP contribution in [0.15, 0.2) is 24.3 Å². The lowest BCUT2D eigenvalue weighted by atomic mass is 10.0. The molecule has 0 spiro atoms. The van der Waals surface area contributed by atoms with Gasteiger partial charge in [-0.25, -0.2) is 0 Å². The van der Waals surface area contributed by atoms with E-state index >= 15 is 0 Å². The molecule has 0 aromatic rings. The molecular weight excluding hydrogens is 889 g/mol. The molecule has 0 rings (SSSR count). The van der Waals surface area contributed by atoms with Crippen molar-refractivity contribution < 1.29 is 28.6 Å². The Balaban J connectivity index is 3.88. The molecule has 0 aliphatic carbocycles. The van der Waals surface area contributed by atoms with Crippen molar-refractivity contribution in [1.82, 2.24) is 0 Å². The minimum absolute atomic E-state index is 0.0726. The molecule has 0 aromatic heterocycles. The molecule has 72 heavy (non-hydrogen) atoms. The van der Waals surface area contributed by atoms with Crippen LogP contribution in [0.25, 0.3) is 0 Å². The van der Waals surface area contributed by atoms with Crippen LogP contribution >= 0.6 is 0 Å². The van der Waals surface area contributed by atoms with Crippen LogP contribution in [0.3, 0.4) is 0 Å². The van der Waals surface area contributed by atoms with Crippen molar-refractivity contribution >= 4 is 17.9 Å². The summed E-state index contributed by atoms with van der Waals surface area (Å²) in [4.78, 5) is 37.9. The monoisotopic (exact) mass is 1010 g/mol. The Labute approximate surface area is 449 Å². The van der Waals surface area contributed by atoms with Gasteiger partial charge in [-0.05, 0) is 44.9 Å². The van der Waals surface area contributed by atoms with Gasteiger partial charge in [0.15, 0.2) is 6.10 Å². The number of rotatable bonds is 60. The molecule has 1 unspecified atom stereocenters. The maximum atomic E-state index is 12.8. The second-order valence-electron chi connectivity index (χ2n) is 22.0. The summed E-state index contributed by atoms with van der Waals surface area (Å²) in [6.45, 7) is 6.57. The standard InChI is InChI=1S/C66H124O6/c1-4-7-10-13-16-18-20-22-23-24-25-26-27-28-29-30-31-32-33-34-35-36-37-38-39-40-41-42-44-45-47-50-53-56-59-65(68)71-62-63(61-70-64(67)58-55-52-49-15-12-9-6-3)72-66(69)60-57-54-51-48-46-43-21-19-17-14-11-8-5-2/h11,14,19,21,63H,4-10,12-13,15-18,20,22-62H2,1-3H3/b14-11-,21-19-. The summed E-state index contributed by atoms with van der Waals surface area (Å²) < 4.78 is 16.8. The third-order valence-corrected chi connectivity index (χ3v) is 14.7. The van der Waals surface area contributed by atoms with E-state index in [1.54, 1.807) is 0 Å². The van der Waals surface area contributed by atoms with Crippen molar-refractivity contribution in [3.05, 3.63) is 24.3 Å². The Morgan fingerprint density at radius 3 is 0.819 bits per heavy atom. The van der Waals surface area contributed by atoms with E-state index < -0.39 is 6.10 Å². The van der Waals surface area contributed by atoms with Crippen LogP contribution in [-0.4, -0.2) is 37.2 Å². The fourth-order valence-corrected chi connectivity index (χ4v) is 9.84. The summed E-state index contributed by atoms with van der Waals surface area (Å²) in [6.07, 6.45) is 73.9. The Bertz CT molecular complexity index is 1160. The Hall–Kier alpha value is -2.11. The predicted octanol–water partition coefficient (Wildman–Crippen LogP) is 21.8. The zero-order valence-corrected chi connectivity index (χ0v) is 48.7. The summed E-state index contributed by atoms with van der Waals surface area (Å²) in [5, 5.41) is 0. The summed E-state index contributed by atoms with van der Waals surface area (Å²) >= 11 is 0. The fraction of sp³-hybridized carbons (Fsp3) is 0.894. The number of carbonyl (C=O) groups excluding carboxylic acids is 3. The van der Waals surface area contributed by atoms with E-state index in [0.29, 0.717) is 19.3 Å². The molecule has 0 aromatic carbocycles. The molecule has 0 aliphatic rings. The molecule has 0 amide bonds. The van der Waals surface area contributed by atoms with E-state index in [9.17, 15) is 14.4 Å². The van der Waals surface area contributed by atoms with Gasteiger partial charge in [0.2, 0.25) is 0 Å². The summed E-state index contributed by atoms with van der Waals surface area (Å²) in [7, 11) is 0. The number of allylic oxidation sites excluding steroid dienone is 4. The average molecular weight is 1010 g/mol. The predicted molar refractivity (Wildman–Crippen MR) is 312 cm³/mol. The van der Waals surface area contributed by atoms with Crippen LogP contribution in [0.5, 0.6) is 0 Å². The number of esters is 3. The first-order valence-electron chi connectivity index (χ1n) is 32.3. The van der Waals surface area contributed by atoms with Crippen molar-refractivity contribution in [1.29, 1.82) is 0 Å². The highest BCUT2D eigenvalue weighted by Crippen LogP contribution is 2.18. The van der Waals surface area contributed by atoms with Gasteiger partial charge in [0.1, 0.15) is 13.2 Å². The molecule has 6 heteroatoms. The average Bonchev–Trinajstić information content (AvgIpc) is 3.38. The van der Waals surface area contributed by atoms with Gasteiger partial charge in [0.25, 0.3) is 0 Å². The molecule has 0 saturated carbocycles. The Kier molecular flexibility index (Phi) is 59.6. The second kappa shape index (κ2) is 61.4. The van der Waals surface area contributed by atoms with Crippen molar-refractivity contribution in [2.75, 3.05) is 13.2 Å². The van der Waals surface area contributed by atoms with E-state index in [2.05, 4.69) is 45.1 Å². The lowest BCUT2D eigenvalue weighted by molar-refractivity contribution is -0.167. The molecule has 0 heterocycles. The van der Waals surface area contributed by atoms with E-state index in [1.807, 2.05) is 0 Å². The molecule has 0 N–H and O–H groups in total. The van der Waals surface area contributed by atoms with E-state index in [-0.39, 0.29) is 31.1 Å². The maximum absolute atomic E-state index is 12.8. The number of unbranched alkanes of at least 4 members (excludes halogenated alkanes) is 45. The van der Waals surface area contributed by atoms with Crippen LogP contribution in [0, 0.1) is 0 Å². The van der Waals surface area contributed by atoms with E-state index in [4.69, 9.17) is 14.2 Å². The molecule has 1 atom stereocenters. The second-order valence-corrected chi connectivity index (χ2v) is 22.0. The van der Waals surface area contributed by atoms with Gasteiger partial charge in [0.05, 0.1) is 0 Å². The highest BCUT2D eigenvalue weighted by molar-refractivity contribution is 5.71. The van der Waals surface area contributed by atoms with Crippen LogP contribution in [0.4, 0.5) is 0 Å². The van der Waals surface area contributed by atoms with Gasteiger partial charge in [0, 0.05) is 19.3 Å². The minimum atomic E-state index is -0.772. The van der Waals surface area contributed by atoms with E-state index in [0.717, 1.165) is 89.9 Å². The molecule has 424 valence electrons. The SMILES string of the molecule is CCC/C=C\C/C=C\CCCCCCCC(=O)OC(COC(=O)CCCCCCCCC)COC(=O)CCCCCCCCCCCCCCCCCCCCCCCCCCCCCCCCCCCC. The zero-order valence-electron chi connectivity index (χ0n) is 48.7. The normalized spacial score (nSPS) is 12.1. The largest absolute Gasteiger partial charge is 0.462 e. The molecule has 0 aliphatic heterocycles. The van der Waals surface area contributed by atoms with Crippen molar-refractivity contribution in [2.24, 2.45) is 0 Å². The lowest BCUT2D eigenvalue weighted by Crippen LogP contribution is -2.30. The van der Waals surface area contributed by atoms with Gasteiger partial charge in [-0.1, -0.05) is 321 Å². The van der Waals surface area contributed by atoms with Gasteiger partial charge >= 0.3 is 17.9 Å². The first kappa shape index (κ1) is 69.9. The van der Waals surface area contributed by atoms with Gasteiger partial charge in [-0.3, -0.25) is 14.4 Å². The number of carbonyl (C=O) groups is 3. The Morgan fingerprint density at radius 2 is 0.528 bits per heavy atom. The van der Waals surface area contributed by atoms with Crippen LogP contribution < -0.4 is 0 Å². The smallest absolute Gasteiger partial charge is 0.306 e. The summed E-state index contributed by atoms with van der Waals surface area (Å²) in [6, 6.07) is 0. The van der Waals surface area contributed by atoms with Crippen molar-refractivity contribution in [3.8, 4) is 0 Å². The number of ether oxygens (including phenoxy) is 3. The fourth-order valence-electron chi connectivity index (χ4n) is 9.84. The molecule has 0 saturated heterocycles. The van der Waals surface area contributed by atoms with Crippen LogP contribution in [0.2, 0.25) is 0 Å². The lowest BCUT2D eigenvalue weighted by Gasteiger charge is -2.18. The quantitative estimate of drug-likeness (QED) is 0.0261. The number of hydrogen-bond acceptors (Lipinski definition) is 6. The van der Waals surface area contributed by atoms with Gasteiger partial charge < -0.3 is 14.2 Å². The van der Waals surface area contributed by atoms with Gasteiger partial charge in [-0.15, -0.1) is 0 Å². The Morgan fingerprint density at radius 1 is 0.278 bits per heavy atom. The highest BCUT2D eigenvalue weighted by atomic mass is 16.6. The summed E-state index contributed by atoms with van der Waals surface area (Å²) in [5.41, 5.74) is 0. The van der Waals surface area contributed by atoms with Crippen LogP contribution in [0.1, 0.15) is 361 Å². The zero-order chi connectivity index (χ0) is 52.2.